The number of benzene rings is 2. The Labute approximate surface area is 111 Å². The van der Waals surface area contributed by atoms with Crippen LogP contribution < -0.4 is 5.63 Å². The third-order valence-electron chi connectivity index (χ3n) is 3.26. The van der Waals surface area contributed by atoms with Gasteiger partial charge in [0.15, 0.2) is 0 Å². The molecule has 0 radical (unpaired) electrons. The van der Waals surface area contributed by atoms with Gasteiger partial charge in [0.2, 0.25) is 0 Å². The molecule has 2 heteroatoms. The first-order valence-electron chi connectivity index (χ1n) is 6.26. The summed E-state index contributed by atoms with van der Waals surface area (Å²) >= 11 is 0. The lowest BCUT2D eigenvalue weighted by molar-refractivity contribution is 0.559. The first-order chi connectivity index (χ1) is 9.15. The van der Waals surface area contributed by atoms with Gasteiger partial charge in [-0.1, -0.05) is 36.4 Å². The third kappa shape index (κ3) is 2.06. The van der Waals surface area contributed by atoms with Crippen LogP contribution in [0.5, 0.6) is 0 Å². The fraction of sp³-hybridized carbons (Fsp3) is 0.118. The van der Waals surface area contributed by atoms with Crippen molar-refractivity contribution in [1.82, 2.24) is 0 Å². The van der Waals surface area contributed by atoms with Crippen molar-refractivity contribution in [2.24, 2.45) is 0 Å². The summed E-state index contributed by atoms with van der Waals surface area (Å²) in [5.74, 6) is 0. The zero-order chi connectivity index (χ0) is 13.4. The molecule has 19 heavy (non-hydrogen) atoms. The minimum absolute atomic E-state index is 0.307. The molecule has 0 saturated carbocycles. The molecule has 1 aromatic heterocycles. The van der Waals surface area contributed by atoms with Gasteiger partial charge in [-0.05, 0) is 42.2 Å². The smallest absolute Gasteiger partial charge is 0.336 e. The average molecular weight is 250 g/mol. The molecule has 0 spiro atoms. The molecule has 0 aliphatic heterocycles. The second-order valence-corrected chi connectivity index (χ2v) is 4.80. The molecule has 0 fully saturated rings. The average Bonchev–Trinajstić information content (AvgIpc) is 2.40. The summed E-state index contributed by atoms with van der Waals surface area (Å²) in [5, 5.41) is 0.989. The summed E-state index contributed by atoms with van der Waals surface area (Å²) in [4.78, 5) is 11.7. The maximum Gasteiger partial charge on any atom is 0.336 e. The van der Waals surface area contributed by atoms with Crippen molar-refractivity contribution in [2.45, 2.75) is 13.8 Å². The SMILES string of the molecule is Cc1cc(C)c2oc(=O)cc(-c3ccccc3)c2c1. The quantitative estimate of drug-likeness (QED) is 0.609. The highest BCUT2D eigenvalue weighted by molar-refractivity contribution is 5.95. The molecule has 0 aliphatic carbocycles. The van der Waals surface area contributed by atoms with Crippen molar-refractivity contribution in [2.75, 3.05) is 0 Å². The molecule has 0 amide bonds. The van der Waals surface area contributed by atoms with Crippen molar-refractivity contribution in [3.05, 3.63) is 70.1 Å². The highest BCUT2D eigenvalue weighted by Gasteiger charge is 2.10. The predicted molar refractivity (Wildman–Crippen MR) is 77.4 cm³/mol. The third-order valence-corrected chi connectivity index (χ3v) is 3.26. The van der Waals surface area contributed by atoms with E-state index in [1.54, 1.807) is 6.07 Å². The summed E-state index contributed by atoms with van der Waals surface area (Å²) in [6, 6.07) is 15.6. The van der Waals surface area contributed by atoms with Gasteiger partial charge in [0.25, 0.3) is 0 Å². The summed E-state index contributed by atoms with van der Waals surface area (Å²) in [7, 11) is 0. The second-order valence-electron chi connectivity index (χ2n) is 4.80. The fourth-order valence-corrected chi connectivity index (χ4v) is 2.47. The maximum atomic E-state index is 11.7. The van der Waals surface area contributed by atoms with Crippen LogP contribution >= 0.6 is 0 Å². The van der Waals surface area contributed by atoms with E-state index in [1.807, 2.05) is 50.2 Å². The molecule has 0 N–H and O–H groups in total. The van der Waals surface area contributed by atoms with Crippen molar-refractivity contribution in [3.63, 3.8) is 0 Å². The molecule has 2 aromatic carbocycles. The van der Waals surface area contributed by atoms with Crippen LogP contribution in [-0.2, 0) is 0 Å². The van der Waals surface area contributed by atoms with Crippen molar-refractivity contribution >= 4 is 11.0 Å². The van der Waals surface area contributed by atoms with E-state index in [-0.39, 0.29) is 5.63 Å². The molecular weight excluding hydrogens is 236 g/mol. The molecule has 0 bridgehead atoms. The molecule has 3 aromatic rings. The fourth-order valence-electron chi connectivity index (χ4n) is 2.47. The van der Waals surface area contributed by atoms with Crippen LogP contribution in [0.3, 0.4) is 0 Å². The van der Waals surface area contributed by atoms with Crippen LogP contribution in [0, 0.1) is 13.8 Å². The van der Waals surface area contributed by atoms with E-state index in [1.165, 1.54) is 0 Å². The largest absolute Gasteiger partial charge is 0.422 e. The summed E-state index contributed by atoms with van der Waals surface area (Å²) in [5.41, 5.74) is 4.49. The number of hydrogen-bond acceptors (Lipinski definition) is 2. The monoisotopic (exact) mass is 250 g/mol. The molecule has 1 heterocycles. The number of fused-ring (bicyclic) bond motifs is 1. The lowest BCUT2D eigenvalue weighted by Crippen LogP contribution is -1.99. The van der Waals surface area contributed by atoms with Gasteiger partial charge in [-0.15, -0.1) is 0 Å². The van der Waals surface area contributed by atoms with Crippen LogP contribution in [0.1, 0.15) is 11.1 Å². The maximum absolute atomic E-state index is 11.7. The molecular formula is C17H14O2. The normalized spacial score (nSPS) is 10.8. The Morgan fingerprint density at radius 3 is 2.42 bits per heavy atom. The number of aryl methyl sites for hydroxylation is 2. The summed E-state index contributed by atoms with van der Waals surface area (Å²) in [6.07, 6.45) is 0. The zero-order valence-corrected chi connectivity index (χ0v) is 10.9. The highest BCUT2D eigenvalue weighted by atomic mass is 16.4. The van der Waals surface area contributed by atoms with Crippen LogP contribution in [0.4, 0.5) is 0 Å². The van der Waals surface area contributed by atoms with E-state index < -0.39 is 0 Å². The van der Waals surface area contributed by atoms with Gasteiger partial charge in [-0.25, -0.2) is 4.79 Å². The Morgan fingerprint density at radius 2 is 1.68 bits per heavy atom. The van der Waals surface area contributed by atoms with E-state index >= 15 is 0 Å². The number of rotatable bonds is 1. The summed E-state index contributed by atoms with van der Waals surface area (Å²) in [6.45, 7) is 4.01. The second kappa shape index (κ2) is 4.39. The predicted octanol–water partition coefficient (Wildman–Crippen LogP) is 4.08. The van der Waals surface area contributed by atoms with Crippen LogP contribution in [0.15, 0.2) is 57.7 Å². The van der Waals surface area contributed by atoms with Crippen molar-refractivity contribution in [1.29, 1.82) is 0 Å². The van der Waals surface area contributed by atoms with Gasteiger partial charge in [0.05, 0.1) is 0 Å². The molecule has 0 aliphatic rings. The van der Waals surface area contributed by atoms with E-state index in [0.29, 0.717) is 5.58 Å². The zero-order valence-electron chi connectivity index (χ0n) is 10.9. The van der Waals surface area contributed by atoms with Crippen molar-refractivity contribution in [3.8, 4) is 11.1 Å². The standard InChI is InChI=1S/C17H14O2/c1-11-8-12(2)17-15(9-11)14(10-16(18)19-17)13-6-4-3-5-7-13/h3-10H,1-2H3. The summed E-state index contributed by atoms with van der Waals surface area (Å²) < 4.78 is 5.35. The first kappa shape index (κ1) is 11.7. The lowest BCUT2D eigenvalue weighted by atomic mass is 9.99. The van der Waals surface area contributed by atoms with E-state index in [9.17, 15) is 4.79 Å². The molecule has 94 valence electrons. The molecule has 2 nitrogen and oxygen atoms in total. The van der Waals surface area contributed by atoms with Gasteiger partial charge < -0.3 is 4.42 Å². The van der Waals surface area contributed by atoms with Gasteiger partial charge in [-0.3, -0.25) is 0 Å². The van der Waals surface area contributed by atoms with Crippen molar-refractivity contribution < 1.29 is 4.42 Å². The van der Waals surface area contributed by atoms with Gasteiger partial charge in [-0.2, -0.15) is 0 Å². The highest BCUT2D eigenvalue weighted by Crippen LogP contribution is 2.29. The molecule has 0 atom stereocenters. The molecule has 0 saturated heterocycles. The molecule has 3 rings (SSSR count). The Morgan fingerprint density at radius 1 is 0.947 bits per heavy atom. The minimum Gasteiger partial charge on any atom is -0.422 e. The van der Waals surface area contributed by atoms with Crippen LogP contribution in [0.2, 0.25) is 0 Å². The minimum atomic E-state index is -0.307. The Hall–Kier alpha value is -2.35. The van der Waals surface area contributed by atoms with E-state index in [4.69, 9.17) is 4.42 Å². The van der Waals surface area contributed by atoms with Crippen LogP contribution in [-0.4, -0.2) is 0 Å². The Balaban J connectivity index is 2.45. The number of hydrogen-bond donors (Lipinski definition) is 0. The van der Waals surface area contributed by atoms with E-state index in [2.05, 4.69) is 6.07 Å². The molecule has 0 unspecified atom stereocenters. The topological polar surface area (TPSA) is 30.2 Å². The Bertz CT molecular complexity index is 799. The first-order valence-corrected chi connectivity index (χ1v) is 6.26. The van der Waals surface area contributed by atoms with E-state index in [0.717, 1.165) is 27.6 Å². The van der Waals surface area contributed by atoms with Gasteiger partial charge in [0, 0.05) is 11.5 Å². The van der Waals surface area contributed by atoms with Gasteiger partial charge in [0.1, 0.15) is 5.58 Å². The van der Waals surface area contributed by atoms with Gasteiger partial charge >= 0.3 is 5.63 Å². The Kier molecular flexibility index (Phi) is 2.71. The lowest BCUT2D eigenvalue weighted by Gasteiger charge is -2.08. The van der Waals surface area contributed by atoms with Crippen LogP contribution in [0.25, 0.3) is 22.1 Å².